The number of nitrogens with zero attached hydrogens (tertiary/aromatic N) is 1. The Bertz CT molecular complexity index is 350. The van der Waals surface area contributed by atoms with Crippen LogP contribution in [-0.2, 0) is 0 Å². The number of aryl methyl sites for hydroxylation is 1. The lowest BCUT2D eigenvalue weighted by atomic mass is 10.1. The number of rotatable bonds is 5. The van der Waals surface area contributed by atoms with E-state index in [0.29, 0.717) is 19.5 Å². The Hall–Kier alpha value is -1.35. The smallest absolute Gasteiger partial charge is 0.253 e. The Morgan fingerprint density at radius 2 is 2.19 bits per heavy atom. The van der Waals surface area contributed by atoms with Crippen molar-refractivity contribution in [1.29, 1.82) is 0 Å². The molecule has 0 fully saturated rings. The predicted octanol–water partition coefficient (Wildman–Crippen LogP) is 1.84. The third kappa shape index (κ3) is 3.35. The standard InChI is InChI=1S/C13H19NO2/c1-3-14(8-5-9-15)13(16)12-7-4-6-11(2)10-12/h4,6-7,10,15H,3,5,8-9H2,1-2H3. The summed E-state index contributed by atoms with van der Waals surface area (Å²) in [5.41, 5.74) is 1.81. The van der Waals surface area contributed by atoms with Crippen LogP contribution in [0.3, 0.4) is 0 Å². The van der Waals surface area contributed by atoms with Gasteiger partial charge in [0.15, 0.2) is 0 Å². The molecule has 0 bridgehead atoms. The molecule has 1 N–H and O–H groups in total. The van der Waals surface area contributed by atoms with Crippen LogP contribution in [0.5, 0.6) is 0 Å². The zero-order valence-corrected chi connectivity index (χ0v) is 9.94. The van der Waals surface area contributed by atoms with Crippen molar-refractivity contribution >= 4 is 5.91 Å². The number of carbonyl (C=O) groups excluding carboxylic acids is 1. The lowest BCUT2D eigenvalue weighted by Crippen LogP contribution is -2.32. The van der Waals surface area contributed by atoms with Gasteiger partial charge in [-0.2, -0.15) is 0 Å². The van der Waals surface area contributed by atoms with Crippen molar-refractivity contribution in [2.24, 2.45) is 0 Å². The first-order valence-electron chi connectivity index (χ1n) is 5.65. The maximum absolute atomic E-state index is 12.1. The van der Waals surface area contributed by atoms with Crippen LogP contribution in [0.25, 0.3) is 0 Å². The predicted molar refractivity (Wildman–Crippen MR) is 64.5 cm³/mol. The summed E-state index contributed by atoms with van der Waals surface area (Å²) in [6.45, 7) is 5.33. The van der Waals surface area contributed by atoms with E-state index < -0.39 is 0 Å². The third-order valence-corrected chi connectivity index (χ3v) is 2.52. The molecule has 1 aromatic rings. The van der Waals surface area contributed by atoms with E-state index in [1.807, 2.05) is 38.1 Å². The number of amides is 1. The third-order valence-electron chi connectivity index (χ3n) is 2.52. The monoisotopic (exact) mass is 221 g/mol. The van der Waals surface area contributed by atoms with E-state index in [4.69, 9.17) is 5.11 Å². The maximum Gasteiger partial charge on any atom is 0.253 e. The second-order valence-corrected chi connectivity index (χ2v) is 3.83. The SMILES string of the molecule is CCN(CCCO)C(=O)c1cccc(C)c1. The molecule has 0 aliphatic carbocycles. The molecule has 1 amide bonds. The number of carbonyl (C=O) groups is 1. The van der Waals surface area contributed by atoms with E-state index >= 15 is 0 Å². The highest BCUT2D eigenvalue weighted by atomic mass is 16.3. The number of hydrogen-bond donors (Lipinski definition) is 1. The molecule has 0 saturated carbocycles. The highest BCUT2D eigenvalue weighted by Gasteiger charge is 2.13. The van der Waals surface area contributed by atoms with Crippen LogP contribution in [0.4, 0.5) is 0 Å². The largest absolute Gasteiger partial charge is 0.396 e. The highest BCUT2D eigenvalue weighted by Crippen LogP contribution is 2.08. The van der Waals surface area contributed by atoms with Gasteiger partial charge in [-0.15, -0.1) is 0 Å². The van der Waals surface area contributed by atoms with E-state index in [9.17, 15) is 4.79 Å². The minimum Gasteiger partial charge on any atom is -0.396 e. The van der Waals surface area contributed by atoms with Crippen LogP contribution >= 0.6 is 0 Å². The van der Waals surface area contributed by atoms with E-state index in [1.165, 1.54) is 0 Å². The molecule has 88 valence electrons. The van der Waals surface area contributed by atoms with Crippen molar-refractivity contribution in [1.82, 2.24) is 4.90 Å². The molecule has 3 heteroatoms. The Morgan fingerprint density at radius 1 is 1.44 bits per heavy atom. The first kappa shape index (κ1) is 12.7. The molecule has 0 unspecified atom stereocenters. The molecule has 0 saturated heterocycles. The molecule has 3 nitrogen and oxygen atoms in total. The van der Waals surface area contributed by atoms with Gasteiger partial charge in [0, 0.05) is 25.3 Å². The van der Waals surface area contributed by atoms with Crippen molar-refractivity contribution in [3.8, 4) is 0 Å². The molecular formula is C13H19NO2. The number of aliphatic hydroxyl groups excluding tert-OH is 1. The molecule has 0 aliphatic heterocycles. The van der Waals surface area contributed by atoms with Gasteiger partial charge >= 0.3 is 0 Å². The Balaban J connectivity index is 2.74. The Kier molecular flexibility index (Phi) is 4.99. The molecule has 0 aromatic heterocycles. The van der Waals surface area contributed by atoms with E-state index in [1.54, 1.807) is 4.90 Å². The zero-order chi connectivity index (χ0) is 12.0. The minimum absolute atomic E-state index is 0.0413. The maximum atomic E-state index is 12.1. The van der Waals surface area contributed by atoms with Gasteiger partial charge < -0.3 is 10.0 Å². The van der Waals surface area contributed by atoms with Gasteiger partial charge in [0.2, 0.25) is 0 Å². The first-order valence-corrected chi connectivity index (χ1v) is 5.65. The van der Waals surface area contributed by atoms with Crippen LogP contribution in [-0.4, -0.2) is 35.6 Å². The summed E-state index contributed by atoms with van der Waals surface area (Å²) in [7, 11) is 0. The average molecular weight is 221 g/mol. The Morgan fingerprint density at radius 3 is 2.75 bits per heavy atom. The number of benzene rings is 1. The summed E-state index contributed by atoms with van der Waals surface area (Å²) in [5.74, 6) is 0.0413. The topological polar surface area (TPSA) is 40.5 Å². The first-order chi connectivity index (χ1) is 7.69. The lowest BCUT2D eigenvalue weighted by Gasteiger charge is -2.20. The fourth-order valence-electron chi connectivity index (χ4n) is 1.63. The van der Waals surface area contributed by atoms with Gasteiger partial charge in [0.25, 0.3) is 5.91 Å². The normalized spacial score (nSPS) is 10.2. The quantitative estimate of drug-likeness (QED) is 0.824. The molecule has 0 radical (unpaired) electrons. The molecule has 0 aliphatic rings. The summed E-state index contributed by atoms with van der Waals surface area (Å²) in [4.78, 5) is 13.8. The minimum atomic E-state index is 0.0413. The summed E-state index contributed by atoms with van der Waals surface area (Å²) in [6.07, 6.45) is 0.630. The van der Waals surface area contributed by atoms with Gasteiger partial charge in [0.05, 0.1) is 0 Å². The van der Waals surface area contributed by atoms with Gasteiger partial charge in [-0.05, 0) is 32.4 Å². The number of hydrogen-bond acceptors (Lipinski definition) is 2. The van der Waals surface area contributed by atoms with Gasteiger partial charge in [-0.1, -0.05) is 17.7 Å². The average Bonchev–Trinajstić information content (AvgIpc) is 2.29. The van der Waals surface area contributed by atoms with Gasteiger partial charge in [-0.25, -0.2) is 0 Å². The lowest BCUT2D eigenvalue weighted by molar-refractivity contribution is 0.0754. The summed E-state index contributed by atoms with van der Waals surface area (Å²) in [5, 5.41) is 8.77. The summed E-state index contributed by atoms with van der Waals surface area (Å²) < 4.78 is 0. The molecule has 0 spiro atoms. The fourth-order valence-corrected chi connectivity index (χ4v) is 1.63. The van der Waals surface area contributed by atoms with Gasteiger partial charge in [0.1, 0.15) is 0 Å². The van der Waals surface area contributed by atoms with E-state index in [-0.39, 0.29) is 12.5 Å². The van der Waals surface area contributed by atoms with Crippen LogP contribution < -0.4 is 0 Å². The Labute approximate surface area is 96.7 Å². The molecule has 1 rings (SSSR count). The second kappa shape index (κ2) is 6.28. The molecule has 0 atom stereocenters. The summed E-state index contributed by atoms with van der Waals surface area (Å²) in [6, 6.07) is 7.59. The fraction of sp³-hybridized carbons (Fsp3) is 0.462. The van der Waals surface area contributed by atoms with Crippen molar-refractivity contribution in [2.75, 3.05) is 19.7 Å². The van der Waals surface area contributed by atoms with Crippen LogP contribution in [0.2, 0.25) is 0 Å². The van der Waals surface area contributed by atoms with Crippen LogP contribution in [0, 0.1) is 6.92 Å². The van der Waals surface area contributed by atoms with Crippen molar-refractivity contribution in [2.45, 2.75) is 20.3 Å². The van der Waals surface area contributed by atoms with Crippen LogP contribution in [0.1, 0.15) is 29.3 Å². The van der Waals surface area contributed by atoms with Gasteiger partial charge in [-0.3, -0.25) is 4.79 Å². The molecular weight excluding hydrogens is 202 g/mol. The van der Waals surface area contributed by atoms with Crippen LogP contribution in [0.15, 0.2) is 24.3 Å². The molecule has 0 heterocycles. The van der Waals surface area contributed by atoms with E-state index in [2.05, 4.69) is 0 Å². The van der Waals surface area contributed by atoms with Crippen molar-refractivity contribution < 1.29 is 9.90 Å². The second-order valence-electron chi connectivity index (χ2n) is 3.83. The van der Waals surface area contributed by atoms with Crippen molar-refractivity contribution in [3.05, 3.63) is 35.4 Å². The zero-order valence-electron chi connectivity index (χ0n) is 9.94. The number of aliphatic hydroxyl groups is 1. The highest BCUT2D eigenvalue weighted by molar-refractivity contribution is 5.94. The molecule has 1 aromatic carbocycles. The van der Waals surface area contributed by atoms with E-state index in [0.717, 1.165) is 11.1 Å². The molecule has 16 heavy (non-hydrogen) atoms. The summed E-state index contributed by atoms with van der Waals surface area (Å²) >= 11 is 0. The van der Waals surface area contributed by atoms with Crippen molar-refractivity contribution in [3.63, 3.8) is 0 Å².